The maximum atomic E-state index is 11.1. The first-order chi connectivity index (χ1) is 15.6. The third kappa shape index (κ3) is 5.90. The summed E-state index contributed by atoms with van der Waals surface area (Å²) in [6.45, 7) is 2.01. The van der Waals surface area contributed by atoms with E-state index >= 15 is 0 Å². The molecule has 0 unspecified atom stereocenters. The Morgan fingerprint density at radius 3 is 2.75 bits per heavy atom. The largest absolute Gasteiger partial charge is 0.386 e. The fourth-order valence-electron chi connectivity index (χ4n) is 3.16. The summed E-state index contributed by atoms with van der Waals surface area (Å²) in [5.41, 5.74) is 4.86. The Morgan fingerprint density at radius 2 is 1.88 bits per heavy atom. The predicted octanol–water partition coefficient (Wildman–Crippen LogP) is 7.24. The summed E-state index contributed by atoms with van der Waals surface area (Å²) in [6.07, 6.45) is 4.03. The van der Waals surface area contributed by atoms with Gasteiger partial charge in [-0.1, -0.05) is 60.1 Å². The van der Waals surface area contributed by atoms with Crippen molar-refractivity contribution in [1.29, 1.82) is 0 Å². The van der Waals surface area contributed by atoms with Crippen molar-refractivity contribution in [1.82, 2.24) is 4.98 Å². The van der Waals surface area contributed by atoms with Crippen molar-refractivity contribution < 1.29 is 8.98 Å². The minimum absolute atomic E-state index is 0.318. The van der Waals surface area contributed by atoms with Crippen LogP contribution in [0.1, 0.15) is 23.7 Å². The van der Waals surface area contributed by atoms with Gasteiger partial charge in [0, 0.05) is 29.6 Å². The van der Waals surface area contributed by atoms with Crippen LogP contribution in [0.25, 0.3) is 23.1 Å². The highest BCUT2D eigenvalue weighted by molar-refractivity contribution is 7.95. The summed E-state index contributed by atoms with van der Waals surface area (Å²) >= 11 is 7.17. The first-order valence-corrected chi connectivity index (χ1v) is 11.2. The third-order valence-electron chi connectivity index (χ3n) is 4.71. The van der Waals surface area contributed by atoms with Crippen molar-refractivity contribution in [3.8, 4) is 0 Å². The van der Waals surface area contributed by atoms with E-state index in [-0.39, 0.29) is 5.97 Å². The lowest BCUT2D eigenvalue weighted by atomic mass is 10.1. The molecule has 0 bridgehead atoms. The molecule has 4 nitrogen and oxygen atoms in total. The SMILES string of the molecule is CC(=O)OSc1ccccc1CNc1cccc(C=Cc2ccc3ccc(Cl)cc3n2)c1. The molecule has 4 aromatic rings. The van der Waals surface area contributed by atoms with Gasteiger partial charge in [0.1, 0.15) is 0 Å². The van der Waals surface area contributed by atoms with Gasteiger partial charge in [-0.05, 0) is 53.6 Å². The number of benzene rings is 3. The number of halogens is 1. The molecule has 0 atom stereocenters. The van der Waals surface area contributed by atoms with Gasteiger partial charge in [-0.3, -0.25) is 4.79 Å². The molecule has 1 N–H and O–H groups in total. The Labute approximate surface area is 196 Å². The van der Waals surface area contributed by atoms with E-state index in [9.17, 15) is 4.79 Å². The van der Waals surface area contributed by atoms with Crippen LogP contribution in [-0.2, 0) is 15.5 Å². The molecular weight excluding hydrogens is 440 g/mol. The van der Waals surface area contributed by atoms with Crippen LogP contribution >= 0.6 is 23.6 Å². The van der Waals surface area contributed by atoms with Crippen LogP contribution in [0.4, 0.5) is 5.69 Å². The van der Waals surface area contributed by atoms with Gasteiger partial charge in [0.05, 0.1) is 28.1 Å². The molecule has 0 amide bonds. The van der Waals surface area contributed by atoms with E-state index in [2.05, 4.69) is 16.4 Å². The van der Waals surface area contributed by atoms with E-state index < -0.39 is 0 Å². The Bertz CT molecular complexity index is 1290. The molecule has 4 rings (SSSR count). The van der Waals surface area contributed by atoms with Gasteiger partial charge >= 0.3 is 5.97 Å². The quantitative estimate of drug-likeness (QED) is 0.294. The highest BCUT2D eigenvalue weighted by Crippen LogP contribution is 2.25. The Hall–Kier alpha value is -3.28. The number of nitrogens with zero attached hydrogens (tertiary/aromatic N) is 1. The summed E-state index contributed by atoms with van der Waals surface area (Å²) < 4.78 is 5.07. The van der Waals surface area contributed by atoms with E-state index in [1.807, 2.05) is 84.9 Å². The third-order valence-corrected chi connectivity index (χ3v) is 5.84. The lowest BCUT2D eigenvalue weighted by molar-refractivity contribution is -0.130. The average molecular weight is 461 g/mol. The van der Waals surface area contributed by atoms with Gasteiger partial charge in [0.25, 0.3) is 0 Å². The molecule has 3 aromatic carbocycles. The molecule has 160 valence electrons. The van der Waals surface area contributed by atoms with Crippen LogP contribution in [0.3, 0.4) is 0 Å². The molecule has 0 saturated heterocycles. The minimum atomic E-state index is -0.318. The predicted molar refractivity (Wildman–Crippen MR) is 134 cm³/mol. The topological polar surface area (TPSA) is 51.2 Å². The number of hydrogen-bond acceptors (Lipinski definition) is 5. The fourth-order valence-corrected chi connectivity index (χ4v) is 3.92. The van der Waals surface area contributed by atoms with E-state index in [1.165, 1.54) is 6.92 Å². The Kier molecular flexibility index (Phi) is 7.10. The number of nitrogens with one attached hydrogen (secondary N) is 1. The second-order valence-corrected chi connectivity index (χ2v) is 8.36. The van der Waals surface area contributed by atoms with E-state index in [0.717, 1.165) is 50.3 Å². The van der Waals surface area contributed by atoms with Crippen molar-refractivity contribution in [2.24, 2.45) is 0 Å². The molecule has 0 aliphatic heterocycles. The minimum Gasteiger partial charge on any atom is -0.386 e. The van der Waals surface area contributed by atoms with Crippen molar-refractivity contribution in [2.75, 3.05) is 5.32 Å². The van der Waals surface area contributed by atoms with Crippen LogP contribution in [0.2, 0.25) is 5.02 Å². The van der Waals surface area contributed by atoms with Gasteiger partial charge in [-0.25, -0.2) is 4.98 Å². The van der Waals surface area contributed by atoms with Crippen LogP contribution in [0.5, 0.6) is 0 Å². The molecule has 0 aliphatic carbocycles. The summed E-state index contributed by atoms with van der Waals surface area (Å²) in [7, 11) is 0. The number of carbonyl (C=O) groups excluding carboxylic acids is 1. The molecule has 6 heteroatoms. The lowest BCUT2D eigenvalue weighted by Crippen LogP contribution is -2.01. The zero-order valence-electron chi connectivity index (χ0n) is 17.4. The highest BCUT2D eigenvalue weighted by Gasteiger charge is 2.06. The van der Waals surface area contributed by atoms with Crippen molar-refractivity contribution >= 4 is 58.4 Å². The summed E-state index contributed by atoms with van der Waals surface area (Å²) in [4.78, 5) is 16.7. The van der Waals surface area contributed by atoms with Crippen LogP contribution in [0, 0.1) is 0 Å². The van der Waals surface area contributed by atoms with Gasteiger partial charge in [0.2, 0.25) is 0 Å². The van der Waals surface area contributed by atoms with Gasteiger partial charge in [0.15, 0.2) is 0 Å². The summed E-state index contributed by atoms with van der Waals surface area (Å²) in [5, 5.41) is 5.18. The molecule has 0 spiro atoms. The standard InChI is InChI=1S/C26H21ClN2O2S/c1-18(30)31-32-26-8-3-2-6-21(26)17-28-24-7-4-5-19(15-24)9-13-23-14-11-20-10-12-22(27)16-25(20)29-23/h2-16,28H,17H2,1H3. The first-order valence-electron chi connectivity index (χ1n) is 10.1. The van der Waals surface area contributed by atoms with Crippen molar-refractivity contribution in [3.63, 3.8) is 0 Å². The van der Waals surface area contributed by atoms with Gasteiger partial charge in [-0.2, -0.15) is 0 Å². The highest BCUT2D eigenvalue weighted by atomic mass is 35.5. The number of fused-ring (bicyclic) bond motifs is 1. The maximum Gasteiger partial charge on any atom is 0.315 e. The summed E-state index contributed by atoms with van der Waals surface area (Å²) in [5.74, 6) is -0.318. The smallest absolute Gasteiger partial charge is 0.315 e. The van der Waals surface area contributed by atoms with E-state index in [1.54, 1.807) is 0 Å². The molecule has 1 heterocycles. The van der Waals surface area contributed by atoms with Crippen molar-refractivity contribution in [3.05, 3.63) is 101 Å². The fraction of sp³-hybridized carbons (Fsp3) is 0.0769. The number of anilines is 1. The molecule has 0 aliphatic rings. The number of pyridine rings is 1. The lowest BCUT2D eigenvalue weighted by Gasteiger charge is -2.11. The number of carbonyl (C=O) groups is 1. The number of hydrogen-bond donors (Lipinski definition) is 1. The average Bonchev–Trinajstić information content (AvgIpc) is 2.80. The zero-order chi connectivity index (χ0) is 22.3. The van der Waals surface area contributed by atoms with Crippen LogP contribution in [0.15, 0.2) is 83.8 Å². The Morgan fingerprint density at radius 1 is 1.03 bits per heavy atom. The molecule has 32 heavy (non-hydrogen) atoms. The Balaban J connectivity index is 1.45. The molecule has 0 saturated carbocycles. The normalized spacial score (nSPS) is 11.1. The van der Waals surface area contributed by atoms with Crippen molar-refractivity contribution in [2.45, 2.75) is 18.4 Å². The molecule has 0 radical (unpaired) electrons. The second kappa shape index (κ2) is 10.4. The monoisotopic (exact) mass is 460 g/mol. The molecular formula is C26H21ClN2O2S. The van der Waals surface area contributed by atoms with E-state index in [0.29, 0.717) is 11.6 Å². The van der Waals surface area contributed by atoms with Crippen LogP contribution < -0.4 is 5.32 Å². The first kappa shape index (κ1) is 21.9. The number of aromatic nitrogens is 1. The van der Waals surface area contributed by atoms with Gasteiger partial charge < -0.3 is 9.50 Å². The zero-order valence-corrected chi connectivity index (χ0v) is 19.0. The van der Waals surface area contributed by atoms with Crippen LogP contribution in [-0.4, -0.2) is 11.0 Å². The number of rotatable bonds is 7. The van der Waals surface area contributed by atoms with Gasteiger partial charge in [-0.15, -0.1) is 0 Å². The molecule has 0 fully saturated rings. The van der Waals surface area contributed by atoms with E-state index in [4.69, 9.17) is 15.8 Å². The second-order valence-electron chi connectivity index (χ2n) is 7.15. The molecule has 1 aromatic heterocycles. The summed E-state index contributed by atoms with van der Waals surface area (Å²) in [6, 6.07) is 25.7. The maximum absolute atomic E-state index is 11.1.